The molecule has 0 aromatic carbocycles. The van der Waals surface area contributed by atoms with Crippen LogP contribution >= 0.6 is 0 Å². The van der Waals surface area contributed by atoms with Crippen LogP contribution < -0.4 is 0 Å². The summed E-state index contributed by atoms with van der Waals surface area (Å²) < 4.78 is 0. The zero-order chi connectivity index (χ0) is 10.1. The molecule has 1 aromatic heterocycles. The summed E-state index contributed by atoms with van der Waals surface area (Å²) in [6.45, 7) is 7.97. The number of rotatable bonds is 1. The Morgan fingerprint density at radius 1 is 1.23 bits per heavy atom. The van der Waals surface area contributed by atoms with Gasteiger partial charge in [-0.1, -0.05) is 20.8 Å². The highest BCUT2D eigenvalue weighted by atomic mass is 16.3. The van der Waals surface area contributed by atoms with Crippen LogP contribution in [0.5, 0.6) is 0 Å². The van der Waals surface area contributed by atoms with Gasteiger partial charge in [0.1, 0.15) is 6.10 Å². The van der Waals surface area contributed by atoms with Gasteiger partial charge in [0.15, 0.2) is 5.82 Å². The van der Waals surface area contributed by atoms with Gasteiger partial charge in [0.05, 0.1) is 0 Å². The van der Waals surface area contributed by atoms with Crippen molar-refractivity contribution in [1.82, 2.24) is 9.97 Å². The number of aliphatic hydroxyl groups excluding tert-OH is 1. The molecule has 0 aliphatic carbocycles. The average Bonchev–Trinajstić information content (AvgIpc) is 2.03. The lowest BCUT2D eigenvalue weighted by atomic mass is 9.89. The monoisotopic (exact) mass is 180 g/mol. The molecule has 0 aliphatic rings. The van der Waals surface area contributed by atoms with Crippen molar-refractivity contribution in [2.24, 2.45) is 0 Å². The van der Waals surface area contributed by atoms with Crippen molar-refractivity contribution < 1.29 is 5.11 Å². The number of aromatic nitrogens is 2. The van der Waals surface area contributed by atoms with Gasteiger partial charge in [-0.3, -0.25) is 0 Å². The Morgan fingerprint density at radius 3 is 2.00 bits per heavy atom. The third kappa shape index (κ3) is 2.49. The molecule has 0 radical (unpaired) electrons. The second kappa shape index (κ2) is 3.42. The van der Waals surface area contributed by atoms with Gasteiger partial charge in [0.2, 0.25) is 0 Å². The largest absolute Gasteiger partial charge is 0.385 e. The number of aliphatic hydroxyl groups is 1. The van der Waals surface area contributed by atoms with Crippen molar-refractivity contribution in [3.63, 3.8) is 0 Å². The standard InChI is InChI=1S/C10H16N2O/c1-7(13)9-11-5-8(6-12-9)10(2,3)4/h5-7,13H,1-4H3/t7-/m1/s1. The van der Waals surface area contributed by atoms with E-state index in [-0.39, 0.29) is 5.41 Å². The third-order valence-corrected chi connectivity index (χ3v) is 1.91. The van der Waals surface area contributed by atoms with Gasteiger partial charge >= 0.3 is 0 Å². The Labute approximate surface area is 78.9 Å². The average molecular weight is 180 g/mol. The zero-order valence-electron chi connectivity index (χ0n) is 8.57. The fraction of sp³-hybridized carbons (Fsp3) is 0.600. The molecule has 0 fully saturated rings. The topological polar surface area (TPSA) is 46.0 Å². The fourth-order valence-corrected chi connectivity index (χ4v) is 0.941. The molecule has 1 heterocycles. The molecule has 13 heavy (non-hydrogen) atoms. The molecule has 1 rings (SSSR count). The van der Waals surface area contributed by atoms with Crippen molar-refractivity contribution in [3.05, 3.63) is 23.8 Å². The van der Waals surface area contributed by atoms with E-state index in [0.717, 1.165) is 5.56 Å². The Bertz CT molecular complexity index is 272. The molecule has 3 heteroatoms. The van der Waals surface area contributed by atoms with E-state index in [9.17, 15) is 5.11 Å². The lowest BCUT2D eigenvalue weighted by Crippen LogP contribution is -2.13. The summed E-state index contributed by atoms with van der Waals surface area (Å²) in [5.74, 6) is 0.480. The van der Waals surface area contributed by atoms with Gasteiger partial charge in [0, 0.05) is 12.4 Å². The van der Waals surface area contributed by atoms with Crippen LogP contribution in [0.25, 0.3) is 0 Å². The van der Waals surface area contributed by atoms with Gasteiger partial charge in [-0.25, -0.2) is 9.97 Å². The molecule has 0 aliphatic heterocycles. The van der Waals surface area contributed by atoms with E-state index in [2.05, 4.69) is 30.7 Å². The second-order valence-corrected chi connectivity index (χ2v) is 4.26. The van der Waals surface area contributed by atoms with Crippen LogP contribution in [0.4, 0.5) is 0 Å². The Balaban J connectivity index is 2.94. The van der Waals surface area contributed by atoms with Gasteiger partial charge in [-0.05, 0) is 17.9 Å². The number of hydrogen-bond acceptors (Lipinski definition) is 3. The van der Waals surface area contributed by atoms with Crippen molar-refractivity contribution in [1.29, 1.82) is 0 Å². The Kier molecular flexibility index (Phi) is 2.66. The first kappa shape index (κ1) is 10.1. The predicted molar refractivity (Wildman–Crippen MR) is 51.4 cm³/mol. The Hall–Kier alpha value is -0.960. The SMILES string of the molecule is C[C@@H](O)c1ncc(C(C)(C)C)cn1. The molecule has 1 atom stereocenters. The molecule has 0 spiro atoms. The highest BCUT2D eigenvalue weighted by Gasteiger charge is 2.14. The zero-order valence-corrected chi connectivity index (χ0v) is 8.57. The van der Waals surface area contributed by atoms with Crippen LogP contribution in [0.3, 0.4) is 0 Å². The van der Waals surface area contributed by atoms with E-state index >= 15 is 0 Å². The van der Waals surface area contributed by atoms with E-state index in [1.807, 2.05) is 0 Å². The van der Waals surface area contributed by atoms with Gasteiger partial charge in [-0.15, -0.1) is 0 Å². The minimum atomic E-state index is -0.589. The molecule has 0 amide bonds. The molecule has 72 valence electrons. The van der Waals surface area contributed by atoms with Crippen molar-refractivity contribution in [3.8, 4) is 0 Å². The van der Waals surface area contributed by atoms with Gasteiger partial charge in [-0.2, -0.15) is 0 Å². The molecule has 3 nitrogen and oxygen atoms in total. The maximum Gasteiger partial charge on any atom is 0.156 e. The summed E-state index contributed by atoms with van der Waals surface area (Å²) in [5, 5.41) is 9.19. The molecular weight excluding hydrogens is 164 g/mol. The Morgan fingerprint density at radius 2 is 1.69 bits per heavy atom. The van der Waals surface area contributed by atoms with E-state index < -0.39 is 6.10 Å². The molecule has 0 bridgehead atoms. The summed E-state index contributed by atoms with van der Waals surface area (Å²) in [6, 6.07) is 0. The quantitative estimate of drug-likeness (QED) is 0.717. The van der Waals surface area contributed by atoms with Crippen molar-refractivity contribution in [2.45, 2.75) is 39.2 Å². The van der Waals surface area contributed by atoms with Gasteiger partial charge in [0.25, 0.3) is 0 Å². The molecular formula is C10H16N2O. The van der Waals surface area contributed by atoms with Crippen LogP contribution in [0.1, 0.15) is 45.2 Å². The first-order chi connectivity index (χ1) is 5.91. The third-order valence-electron chi connectivity index (χ3n) is 1.91. The van der Waals surface area contributed by atoms with Crippen LogP contribution in [0.2, 0.25) is 0 Å². The normalized spacial score (nSPS) is 14.2. The number of hydrogen-bond donors (Lipinski definition) is 1. The minimum Gasteiger partial charge on any atom is -0.385 e. The van der Waals surface area contributed by atoms with E-state index in [0.29, 0.717) is 5.82 Å². The maximum atomic E-state index is 9.19. The molecule has 0 saturated heterocycles. The molecule has 0 unspecified atom stereocenters. The summed E-state index contributed by atoms with van der Waals surface area (Å²) in [6.07, 6.45) is 2.96. The highest BCUT2D eigenvalue weighted by Crippen LogP contribution is 2.20. The second-order valence-electron chi connectivity index (χ2n) is 4.26. The predicted octanol–water partition coefficient (Wildman–Crippen LogP) is 1.83. The van der Waals surface area contributed by atoms with E-state index in [1.165, 1.54) is 0 Å². The molecule has 1 N–H and O–H groups in total. The first-order valence-corrected chi connectivity index (χ1v) is 4.42. The first-order valence-electron chi connectivity index (χ1n) is 4.42. The van der Waals surface area contributed by atoms with Crippen LogP contribution in [-0.4, -0.2) is 15.1 Å². The summed E-state index contributed by atoms with van der Waals surface area (Å²) in [7, 11) is 0. The highest BCUT2D eigenvalue weighted by molar-refractivity contribution is 5.15. The van der Waals surface area contributed by atoms with E-state index in [1.54, 1.807) is 19.3 Å². The smallest absolute Gasteiger partial charge is 0.156 e. The van der Waals surface area contributed by atoms with Crippen molar-refractivity contribution >= 4 is 0 Å². The minimum absolute atomic E-state index is 0.0667. The molecule has 1 aromatic rings. The number of nitrogens with zero attached hydrogens (tertiary/aromatic N) is 2. The van der Waals surface area contributed by atoms with Crippen LogP contribution in [0, 0.1) is 0 Å². The molecule has 0 saturated carbocycles. The fourth-order valence-electron chi connectivity index (χ4n) is 0.941. The van der Waals surface area contributed by atoms with Gasteiger partial charge < -0.3 is 5.11 Å². The lowest BCUT2D eigenvalue weighted by Gasteiger charge is -2.17. The summed E-state index contributed by atoms with van der Waals surface area (Å²) in [5.41, 5.74) is 1.15. The maximum absolute atomic E-state index is 9.19. The van der Waals surface area contributed by atoms with Crippen molar-refractivity contribution in [2.75, 3.05) is 0 Å². The summed E-state index contributed by atoms with van der Waals surface area (Å²) >= 11 is 0. The lowest BCUT2D eigenvalue weighted by molar-refractivity contribution is 0.188. The summed E-state index contributed by atoms with van der Waals surface area (Å²) in [4.78, 5) is 8.17. The van der Waals surface area contributed by atoms with Crippen LogP contribution in [0.15, 0.2) is 12.4 Å². The van der Waals surface area contributed by atoms with Crippen LogP contribution in [-0.2, 0) is 5.41 Å². The van der Waals surface area contributed by atoms with E-state index in [4.69, 9.17) is 0 Å².